The molecule has 0 aliphatic heterocycles. The van der Waals surface area contributed by atoms with Gasteiger partial charge in [-0.25, -0.2) is 0 Å². The first-order valence-corrected chi connectivity index (χ1v) is 1.91. The third-order valence-electron chi connectivity index (χ3n) is 0.607. The van der Waals surface area contributed by atoms with Crippen molar-refractivity contribution in [1.29, 1.82) is 0 Å². The fourth-order valence-electron chi connectivity index (χ4n) is 0.342. The Bertz CT molecular complexity index is 82.4. The first kappa shape index (κ1) is 29.3. The molecule has 0 aliphatic carbocycles. The maximum atomic E-state index is 2.89. The summed E-state index contributed by atoms with van der Waals surface area (Å²) < 4.78 is 0. The second-order valence-corrected chi connectivity index (χ2v) is 1.08. The minimum Gasteiger partial charge on any atom is -0.358 e. The molecule has 0 amide bonds. The van der Waals surface area contributed by atoms with E-state index in [1.807, 2.05) is 30.3 Å². The van der Waals surface area contributed by atoms with E-state index in [4.69, 9.17) is 0 Å². The molecule has 0 N–H and O–H groups in total. The summed E-state index contributed by atoms with van der Waals surface area (Å²) >= 11 is 0. The van der Waals surface area contributed by atoms with Crippen molar-refractivity contribution < 1.29 is 131 Å². The minimum absolute atomic E-state index is 0. The fourth-order valence-corrected chi connectivity index (χ4v) is 0.342. The Morgan fingerprint density at radius 1 is 0.636 bits per heavy atom. The molecule has 0 nitrogen and oxygen atoms in total. The molecule has 1 rings (SSSR count). The van der Waals surface area contributed by atoms with Crippen molar-refractivity contribution in [3.63, 3.8) is 0 Å². The SMILES string of the molecule is [CH3-].[Y].[Y].[Y].[Y].[c-]1ccccc1. The maximum Gasteiger partial charge on any atom is 0 e. The molecule has 0 aliphatic rings. The number of benzene rings is 1. The average molecular weight is 448 g/mol. The van der Waals surface area contributed by atoms with Crippen LogP contribution >= 0.6 is 0 Å². The van der Waals surface area contributed by atoms with E-state index in [1.165, 1.54) is 0 Å². The summed E-state index contributed by atoms with van der Waals surface area (Å²) in [6.07, 6.45) is 0. The summed E-state index contributed by atoms with van der Waals surface area (Å²) in [6, 6.07) is 12.5. The van der Waals surface area contributed by atoms with E-state index >= 15 is 0 Å². The van der Waals surface area contributed by atoms with E-state index in [2.05, 4.69) is 6.07 Å². The summed E-state index contributed by atoms with van der Waals surface area (Å²) in [5, 5.41) is 0. The van der Waals surface area contributed by atoms with Crippen molar-refractivity contribution in [1.82, 2.24) is 0 Å². The van der Waals surface area contributed by atoms with Crippen LogP contribution in [0.4, 0.5) is 0 Å². The van der Waals surface area contributed by atoms with Crippen LogP contribution in [0.1, 0.15) is 0 Å². The molecule has 1 aromatic rings. The molecule has 0 bridgehead atoms. The van der Waals surface area contributed by atoms with Gasteiger partial charge in [0.25, 0.3) is 0 Å². The van der Waals surface area contributed by atoms with Crippen molar-refractivity contribution in [3.05, 3.63) is 43.8 Å². The minimum atomic E-state index is 0. The van der Waals surface area contributed by atoms with E-state index in [0.29, 0.717) is 0 Å². The molecule has 0 spiro atoms. The normalized spacial score (nSPS) is 4.36. The fraction of sp³-hybridized carbons (Fsp3) is 0. The predicted octanol–water partition coefficient (Wildman–Crippen LogP) is 1.93. The second kappa shape index (κ2) is 23.4. The summed E-state index contributed by atoms with van der Waals surface area (Å²) in [5.41, 5.74) is 0. The van der Waals surface area contributed by atoms with Gasteiger partial charge in [0.05, 0.1) is 0 Å². The van der Waals surface area contributed by atoms with Crippen LogP contribution in [0.15, 0.2) is 30.3 Å². The van der Waals surface area contributed by atoms with Gasteiger partial charge in [0.2, 0.25) is 0 Å². The van der Waals surface area contributed by atoms with Gasteiger partial charge in [-0.1, -0.05) is 0 Å². The quantitative estimate of drug-likeness (QED) is 0.533. The molecule has 0 aromatic heterocycles. The number of rotatable bonds is 0. The van der Waals surface area contributed by atoms with E-state index in [-0.39, 0.29) is 138 Å². The summed E-state index contributed by atoms with van der Waals surface area (Å²) in [6.45, 7) is 0. The Morgan fingerprint density at radius 3 is 1.09 bits per heavy atom. The van der Waals surface area contributed by atoms with Crippen LogP contribution in [0.3, 0.4) is 0 Å². The Hall–Kier alpha value is 3.64. The predicted molar refractivity (Wildman–Crippen MR) is 31.7 cm³/mol. The zero-order valence-electron chi connectivity index (χ0n) is 6.70. The van der Waals surface area contributed by atoms with Crippen molar-refractivity contribution >= 4 is 0 Å². The van der Waals surface area contributed by atoms with Gasteiger partial charge in [-0.2, -0.15) is 36.4 Å². The molecule has 4 heteroatoms. The van der Waals surface area contributed by atoms with Crippen LogP contribution in [0.2, 0.25) is 0 Å². The molecule has 0 atom stereocenters. The van der Waals surface area contributed by atoms with Gasteiger partial charge >= 0.3 is 0 Å². The largest absolute Gasteiger partial charge is 0.358 e. The second-order valence-electron chi connectivity index (χ2n) is 1.08. The van der Waals surface area contributed by atoms with Crippen molar-refractivity contribution in [2.24, 2.45) is 0 Å². The smallest absolute Gasteiger partial charge is 0 e. The van der Waals surface area contributed by atoms with Gasteiger partial charge in [-0.05, 0) is 0 Å². The topological polar surface area (TPSA) is 0 Å². The van der Waals surface area contributed by atoms with Gasteiger partial charge in [0, 0.05) is 131 Å². The molecule has 0 saturated carbocycles. The number of hydrogen-bond donors (Lipinski definition) is 0. The van der Waals surface area contributed by atoms with Crippen molar-refractivity contribution in [2.75, 3.05) is 0 Å². The molecule has 0 saturated heterocycles. The van der Waals surface area contributed by atoms with Gasteiger partial charge in [-0.15, -0.1) is 0 Å². The third kappa shape index (κ3) is 19.9. The van der Waals surface area contributed by atoms with Crippen LogP contribution < -0.4 is 0 Å². The monoisotopic (exact) mass is 448 g/mol. The molecule has 0 unspecified atom stereocenters. The first-order valence-electron chi connectivity index (χ1n) is 1.91. The van der Waals surface area contributed by atoms with Crippen molar-refractivity contribution in [3.8, 4) is 0 Å². The Morgan fingerprint density at radius 2 is 1.00 bits per heavy atom. The molecule has 50 valence electrons. The van der Waals surface area contributed by atoms with E-state index in [1.54, 1.807) is 0 Å². The van der Waals surface area contributed by atoms with Crippen LogP contribution in [0, 0.1) is 13.5 Å². The maximum absolute atomic E-state index is 2.89. The van der Waals surface area contributed by atoms with Crippen LogP contribution in [-0.4, -0.2) is 0 Å². The Labute approximate surface area is 170 Å². The van der Waals surface area contributed by atoms with Gasteiger partial charge in [0.1, 0.15) is 0 Å². The summed E-state index contributed by atoms with van der Waals surface area (Å²) in [4.78, 5) is 0. The van der Waals surface area contributed by atoms with Gasteiger partial charge in [-0.3, -0.25) is 0 Å². The van der Waals surface area contributed by atoms with Gasteiger partial charge in [0.15, 0.2) is 0 Å². The molecule has 1 aromatic carbocycles. The van der Waals surface area contributed by atoms with Gasteiger partial charge < -0.3 is 7.43 Å². The van der Waals surface area contributed by atoms with Crippen molar-refractivity contribution in [2.45, 2.75) is 0 Å². The molecule has 11 heavy (non-hydrogen) atoms. The molecule has 4 radical (unpaired) electrons. The zero-order valence-corrected chi connectivity index (χ0v) is 18.0. The summed E-state index contributed by atoms with van der Waals surface area (Å²) in [7, 11) is 0. The van der Waals surface area contributed by atoms with Crippen LogP contribution in [-0.2, 0) is 131 Å². The molecule has 0 fully saturated rings. The van der Waals surface area contributed by atoms with E-state index in [9.17, 15) is 0 Å². The third-order valence-corrected chi connectivity index (χ3v) is 0.607. The Balaban J connectivity index is -0.0000000240. The van der Waals surface area contributed by atoms with Crippen LogP contribution in [0.5, 0.6) is 0 Å². The standard InChI is InChI=1S/C6H5.CH3.4Y/c1-2-4-6-5-3-1;;;;;/h1-5H;1H3;;;;/q2*-1;;;;. The summed E-state index contributed by atoms with van der Waals surface area (Å²) in [5.74, 6) is 0. The zero-order chi connectivity index (χ0) is 4.24. The number of hydrogen-bond acceptors (Lipinski definition) is 0. The first-order chi connectivity index (χ1) is 3.00. The molecular weight excluding hydrogens is 440 g/mol. The molecule has 0 heterocycles. The molecular formula is C7H8Y4-2. The van der Waals surface area contributed by atoms with E-state index < -0.39 is 0 Å². The Kier molecular flexibility index (Phi) is 62.5. The average Bonchev–Trinajstić information content (AvgIpc) is 1.72. The van der Waals surface area contributed by atoms with E-state index in [0.717, 1.165) is 0 Å². The van der Waals surface area contributed by atoms with Crippen LogP contribution in [0.25, 0.3) is 0 Å².